The van der Waals surface area contributed by atoms with Gasteiger partial charge in [-0.15, -0.1) is 0 Å². The van der Waals surface area contributed by atoms with Crippen molar-refractivity contribution in [2.45, 2.75) is 12.7 Å². The number of carbonyl (C=O) groups is 1. The second-order valence-corrected chi connectivity index (χ2v) is 6.29. The van der Waals surface area contributed by atoms with Gasteiger partial charge < -0.3 is 10.1 Å². The molecule has 0 bridgehead atoms. The number of nitrogens with one attached hydrogen (secondary N) is 1. The van der Waals surface area contributed by atoms with Crippen molar-refractivity contribution in [3.8, 4) is 11.6 Å². The number of para-hydroxylation sites is 1. The van der Waals surface area contributed by atoms with E-state index in [-0.39, 0.29) is 28.7 Å². The third-order valence-electron chi connectivity index (χ3n) is 3.83. The maximum atomic E-state index is 13.6. The third kappa shape index (κ3) is 5.05. The van der Waals surface area contributed by atoms with E-state index in [0.29, 0.717) is 6.07 Å². The van der Waals surface area contributed by atoms with E-state index in [4.69, 9.17) is 16.3 Å². The van der Waals surface area contributed by atoms with E-state index < -0.39 is 30.2 Å². The number of carbonyl (C=O) groups excluding carboxylic acids is 1. The number of nitrogens with zero attached hydrogens (tertiary/aromatic N) is 2. The fourth-order valence-corrected chi connectivity index (χ4v) is 2.64. The molecule has 0 atom stereocenters. The summed E-state index contributed by atoms with van der Waals surface area (Å²) in [4.78, 5) is 12.0. The SMILES string of the molecule is O=C(COc1cc(C(F)(F)F)nn1-c1ccccc1Cl)NCc1ccccc1F. The Hall–Kier alpha value is -3.07. The Labute approximate surface area is 167 Å². The summed E-state index contributed by atoms with van der Waals surface area (Å²) in [5, 5.41) is 6.08. The molecule has 1 heterocycles. The monoisotopic (exact) mass is 427 g/mol. The summed E-state index contributed by atoms with van der Waals surface area (Å²) in [6, 6.07) is 12.7. The average molecular weight is 428 g/mol. The molecule has 0 aliphatic rings. The molecule has 0 saturated heterocycles. The number of hydrogen-bond acceptors (Lipinski definition) is 3. The molecule has 152 valence electrons. The summed E-state index contributed by atoms with van der Waals surface area (Å²) >= 11 is 6.04. The summed E-state index contributed by atoms with van der Waals surface area (Å²) < 4.78 is 58.9. The molecular formula is C19H14ClF4N3O2. The van der Waals surface area contributed by atoms with Gasteiger partial charge in [0.1, 0.15) is 5.82 Å². The quantitative estimate of drug-likeness (QED) is 0.594. The smallest absolute Gasteiger partial charge is 0.435 e. The Kier molecular flexibility index (Phi) is 6.07. The molecule has 0 aliphatic heterocycles. The van der Waals surface area contributed by atoms with E-state index in [1.165, 1.54) is 30.3 Å². The predicted octanol–water partition coefficient (Wildman–Crippen LogP) is 4.38. The van der Waals surface area contributed by atoms with Crippen LogP contribution < -0.4 is 10.1 Å². The molecule has 0 fully saturated rings. The molecule has 0 unspecified atom stereocenters. The third-order valence-corrected chi connectivity index (χ3v) is 4.15. The summed E-state index contributed by atoms with van der Waals surface area (Å²) in [5.74, 6) is -1.44. The van der Waals surface area contributed by atoms with Crippen LogP contribution in [0.4, 0.5) is 17.6 Å². The van der Waals surface area contributed by atoms with Gasteiger partial charge in [-0.3, -0.25) is 4.79 Å². The fourth-order valence-electron chi connectivity index (χ4n) is 2.43. The summed E-state index contributed by atoms with van der Waals surface area (Å²) in [5.41, 5.74) is -0.771. The van der Waals surface area contributed by atoms with E-state index in [0.717, 1.165) is 4.68 Å². The van der Waals surface area contributed by atoms with Gasteiger partial charge in [-0.1, -0.05) is 41.9 Å². The zero-order valence-electron chi connectivity index (χ0n) is 14.7. The molecule has 29 heavy (non-hydrogen) atoms. The molecule has 3 rings (SSSR count). The first-order valence-corrected chi connectivity index (χ1v) is 8.68. The predicted molar refractivity (Wildman–Crippen MR) is 97.3 cm³/mol. The van der Waals surface area contributed by atoms with Crippen molar-refractivity contribution in [3.63, 3.8) is 0 Å². The minimum absolute atomic E-state index is 0.0908. The number of benzene rings is 2. The normalized spacial score (nSPS) is 11.3. The van der Waals surface area contributed by atoms with E-state index >= 15 is 0 Å². The minimum Gasteiger partial charge on any atom is -0.467 e. The van der Waals surface area contributed by atoms with Crippen molar-refractivity contribution in [2.24, 2.45) is 0 Å². The molecule has 5 nitrogen and oxygen atoms in total. The van der Waals surface area contributed by atoms with E-state index in [2.05, 4.69) is 10.4 Å². The standard InChI is InChI=1S/C19H14ClF4N3O2/c20-13-6-2-4-8-15(13)27-18(9-16(26-27)19(22,23)24)29-11-17(28)25-10-12-5-1-3-7-14(12)21/h1-9H,10-11H2,(H,25,28). The van der Waals surface area contributed by atoms with Gasteiger partial charge >= 0.3 is 6.18 Å². The van der Waals surface area contributed by atoms with E-state index in [9.17, 15) is 22.4 Å². The number of halogens is 5. The van der Waals surface area contributed by atoms with Gasteiger partial charge in [-0.05, 0) is 18.2 Å². The average Bonchev–Trinajstić information content (AvgIpc) is 3.10. The van der Waals surface area contributed by atoms with Crippen molar-refractivity contribution in [1.29, 1.82) is 0 Å². The molecule has 10 heteroatoms. The van der Waals surface area contributed by atoms with Crippen LogP contribution in [0.25, 0.3) is 5.69 Å². The lowest BCUT2D eigenvalue weighted by atomic mass is 10.2. The van der Waals surface area contributed by atoms with Crippen LogP contribution in [0.1, 0.15) is 11.3 Å². The first-order chi connectivity index (χ1) is 13.8. The molecule has 0 spiro atoms. The Bertz CT molecular complexity index is 1020. The van der Waals surface area contributed by atoms with E-state index in [1.54, 1.807) is 18.2 Å². The molecule has 2 aromatic carbocycles. The van der Waals surface area contributed by atoms with Crippen LogP contribution >= 0.6 is 11.6 Å². The second-order valence-electron chi connectivity index (χ2n) is 5.89. The van der Waals surface area contributed by atoms with Gasteiger partial charge in [0.2, 0.25) is 5.88 Å². The minimum atomic E-state index is -4.71. The van der Waals surface area contributed by atoms with Crippen molar-refractivity contribution in [2.75, 3.05) is 6.61 Å². The van der Waals surface area contributed by atoms with Crippen LogP contribution in [-0.4, -0.2) is 22.3 Å². The van der Waals surface area contributed by atoms with Crippen LogP contribution in [-0.2, 0) is 17.5 Å². The molecule has 3 aromatic rings. The Morgan fingerprint density at radius 3 is 2.52 bits per heavy atom. The second kappa shape index (κ2) is 8.52. The van der Waals surface area contributed by atoms with Crippen LogP contribution in [0.2, 0.25) is 5.02 Å². The maximum absolute atomic E-state index is 13.6. The van der Waals surface area contributed by atoms with Gasteiger partial charge in [0.25, 0.3) is 5.91 Å². The van der Waals surface area contributed by atoms with Gasteiger partial charge in [0.05, 0.1) is 10.7 Å². The lowest BCUT2D eigenvalue weighted by Crippen LogP contribution is -2.29. The van der Waals surface area contributed by atoms with Gasteiger partial charge in [-0.25, -0.2) is 4.39 Å². The molecule has 1 N–H and O–H groups in total. The van der Waals surface area contributed by atoms with E-state index in [1.807, 2.05) is 0 Å². The Balaban J connectivity index is 1.74. The summed E-state index contributed by atoms with van der Waals surface area (Å²) in [7, 11) is 0. The zero-order chi connectivity index (χ0) is 21.0. The molecular weight excluding hydrogens is 414 g/mol. The summed E-state index contributed by atoms with van der Waals surface area (Å²) in [6.45, 7) is -0.686. The fraction of sp³-hybridized carbons (Fsp3) is 0.158. The van der Waals surface area contributed by atoms with Crippen molar-refractivity contribution < 1.29 is 27.1 Å². The molecule has 0 saturated carbocycles. The molecule has 0 aliphatic carbocycles. The van der Waals surface area contributed by atoms with Crippen molar-refractivity contribution in [1.82, 2.24) is 15.1 Å². The van der Waals surface area contributed by atoms with Crippen LogP contribution in [0, 0.1) is 5.82 Å². The highest BCUT2D eigenvalue weighted by Crippen LogP contribution is 2.33. The van der Waals surface area contributed by atoms with Gasteiger partial charge in [-0.2, -0.15) is 23.0 Å². The highest BCUT2D eigenvalue weighted by molar-refractivity contribution is 6.32. The molecule has 1 aromatic heterocycles. The number of amides is 1. The summed E-state index contributed by atoms with van der Waals surface area (Å²) in [6.07, 6.45) is -4.71. The maximum Gasteiger partial charge on any atom is 0.435 e. The first kappa shape index (κ1) is 20.7. The zero-order valence-corrected chi connectivity index (χ0v) is 15.5. The topological polar surface area (TPSA) is 56.1 Å². The highest BCUT2D eigenvalue weighted by atomic mass is 35.5. The van der Waals surface area contributed by atoms with Gasteiger partial charge in [0, 0.05) is 18.2 Å². The Morgan fingerprint density at radius 2 is 1.83 bits per heavy atom. The molecule has 1 amide bonds. The molecule has 0 radical (unpaired) electrons. The lowest BCUT2D eigenvalue weighted by Gasteiger charge is -2.11. The number of rotatable bonds is 6. The van der Waals surface area contributed by atoms with Crippen LogP contribution in [0.3, 0.4) is 0 Å². The largest absolute Gasteiger partial charge is 0.467 e. The number of alkyl halides is 3. The Morgan fingerprint density at radius 1 is 1.14 bits per heavy atom. The highest BCUT2D eigenvalue weighted by Gasteiger charge is 2.36. The van der Waals surface area contributed by atoms with Crippen LogP contribution in [0.5, 0.6) is 5.88 Å². The number of aromatic nitrogens is 2. The number of ether oxygens (including phenoxy) is 1. The van der Waals surface area contributed by atoms with Crippen molar-refractivity contribution >= 4 is 17.5 Å². The number of hydrogen-bond donors (Lipinski definition) is 1. The van der Waals surface area contributed by atoms with Crippen LogP contribution in [0.15, 0.2) is 54.6 Å². The van der Waals surface area contributed by atoms with Crippen molar-refractivity contribution in [3.05, 3.63) is 76.7 Å². The van der Waals surface area contributed by atoms with Gasteiger partial charge in [0.15, 0.2) is 12.3 Å². The first-order valence-electron chi connectivity index (χ1n) is 8.31. The lowest BCUT2D eigenvalue weighted by molar-refractivity contribution is -0.141.